The molecular formula is C20H17Cl2N3O5. The zero-order chi connectivity index (χ0) is 22.2. The van der Waals surface area contributed by atoms with E-state index < -0.39 is 17.4 Å². The molecule has 8 nitrogen and oxygen atoms in total. The largest absolute Gasteiger partial charge is 0.458 e. The Bertz CT molecular complexity index is 1240. The summed E-state index contributed by atoms with van der Waals surface area (Å²) >= 11 is 12.1. The Morgan fingerprint density at radius 3 is 2.50 bits per heavy atom. The third kappa shape index (κ3) is 4.24. The van der Waals surface area contributed by atoms with Gasteiger partial charge >= 0.3 is 6.09 Å². The highest BCUT2D eigenvalue weighted by atomic mass is 35.5. The minimum absolute atomic E-state index is 0.0187. The summed E-state index contributed by atoms with van der Waals surface area (Å²) in [5.41, 5.74) is 0.476. The van der Waals surface area contributed by atoms with E-state index in [1.165, 1.54) is 29.8 Å². The highest BCUT2D eigenvalue weighted by Gasteiger charge is 2.28. The van der Waals surface area contributed by atoms with E-state index in [-0.39, 0.29) is 34.3 Å². The lowest BCUT2D eigenvalue weighted by molar-refractivity contribution is 0.103. The van der Waals surface area contributed by atoms with Crippen LogP contribution in [-0.4, -0.2) is 26.4 Å². The molecule has 0 unspecified atom stereocenters. The average molecular weight is 450 g/mol. The fraction of sp³-hybridized carbons (Fsp3) is 0.200. The van der Waals surface area contributed by atoms with Crippen molar-refractivity contribution in [3.8, 4) is 5.88 Å². The molecule has 0 spiro atoms. The first kappa shape index (κ1) is 21.6. The molecule has 0 saturated carbocycles. The molecule has 156 valence electrons. The number of rotatable bonds is 5. The Labute approximate surface area is 181 Å². The van der Waals surface area contributed by atoms with Crippen molar-refractivity contribution in [3.63, 3.8) is 0 Å². The molecule has 2 aromatic heterocycles. The van der Waals surface area contributed by atoms with E-state index in [4.69, 9.17) is 32.5 Å². The number of halogens is 2. The molecule has 0 amide bonds. The van der Waals surface area contributed by atoms with Crippen LogP contribution in [0.25, 0.3) is 0 Å². The van der Waals surface area contributed by atoms with Gasteiger partial charge in [-0.15, -0.1) is 0 Å². The molecular weight excluding hydrogens is 433 g/mol. The maximum Gasteiger partial charge on any atom is 0.458 e. The molecule has 3 aromatic rings. The lowest BCUT2D eigenvalue weighted by Gasteiger charge is -2.10. The van der Waals surface area contributed by atoms with Crippen molar-refractivity contribution in [2.45, 2.75) is 27.3 Å². The monoisotopic (exact) mass is 449 g/mol. The summed E-state index contributed by atoms with van der Waals surface area (Å²) in [5.74, 6) is -0.446. The van der Waals surface area contributed by atoms with Gasteiger partial charge in [-0.25, -0.2) is 9.48 Å². The zero-order valence-corrected chi connectivity index (χ0v) is 17.9. The lowest BCUT2D eigenvalue weighted by atomic mass is 10.0. The van der Waals surface area contributed by atoms with Crippen LogP contribution in [0.1, 0.15) is 34.3 Å². The Morgan fingerprint density at radius 2 is 1.93 bits per heavy atom. The van der Waals surface area contributed by atoms with E-state index in [9.17, 15) is 14.4 Å². The summed E-state index contributed by atoms with van der Waals surface area (Å²) in [6.07, 6.45) is -1.12. The minimum Gasteiger partial charge on any atom is -0.388 e. The van der Waals surface area contributed by atoms with Gasteiger partial charge in [-0.05, 0) is 39.0 Å². The van der Waals surface area contributed by atoms with E-state index in [1.807, 2.05) is 0 Å². The molecule has 1 aromatic carbocycles. The predicted molar refractivity (Wildman–Crippen MR) is 111 cm³/mol. The van der Waals surface area contributed by atoms with Gasteiger partial charge in [0, 0.05) is 16.7 Å². The van der Waals surface area contributed by atoms with Crippen LogP contribution in [0.4, 0.5) is 4.79 Å². The summed E-state index contributed by atoms with van der Waals surface area (Å²) in [6.45, 7) is 8.85. The standard InChI is InChI=1S/C20H17Cl2N3O5/c1-10(2)9-24-19(29-20(28)25-16(26)7-11(3)30-25)17(12(4)23-24)18(27)14-6-5-13(21)8-15(14)22/h5-8H,1,9H2,2-4H3. The number of carbonyl (C=O) groups excluding carboxylic acids is 2. The summed E-state index contributed by atoms with van der Waals surface area (Å²) < 4.78 is 12.2. The van der Waals surface area contributed by atoms with Crippen LogP contribution in [0.2, 0.25) is 10.0 Å². The molecule has 3 rings (SSSR count). The van der Waals surface area contributed by atoms with Crippen LogP contribution in [0.5, 0.6) is 5.88 Å². The Kier molecular flexibility index (Phi) is 6.00. The van der Waals surface area contributed by atoms with Crippen LogP contribution in [0.3, 0.4) is 0 Å². The number of allylic oxidation sites excluding steroid dienone is 1. The van der Waals surface area contributed by atoms with Crippen LogP contribution in [0.15, 0.2) is 45.7 Å². The molecule has 10 heteroatoms. The van der Waals surface area contributed by atoms with Crippen molar-refractivity contribution >= 4 is 35.1 Å². The topological polar surface area (TPSA) is 96.3 Å². The number of benzene rings is 1. The smallest absolute Gasteiger partial charge is 0.388 e. The molecule has 0 saturated heterocycles. The molecule has 0 fully saturated rings. The first-order chi connectivity index (χ1) is 14.1. The van der Waals surface area contributed by atoms with Gasteiger partial charge in [0.15, 0.2) is 0 Å². The van der Waals surface area contributed by atoms with Gasteiger partial charge in [0.05, 0.1) is 17.3 Å². The lowest BCUT2D eigenvalue weighted by Crippen LogP contribution is -2.27. The van der Waals surface area contributed by atoms with Crippen molar-refractivity contribution in [3.05, 3.63) is 79.4 Å². The van der Waals surface area contributed by atoms with Gasteiger partial charge in [-0.3, -0.25) is 9.59 Å². The quantitative estimate of drug-likeness (QED) is 0.422. The Morgan fingerprint density at radius 1 is 1.23 bits per heavy atom. The molecule has 0 aliphatic rings. The number of ketones is 1. The van der Waals surface area contributed by atoms with E-state index in [1.54, 1.807) is 13.8 Å². The third-order valence-corrected chi connectivity index (χ3v) is 4.56. The summed E-state index contributed by atoms with van der Waals surface area (Å²) in [4.78, 5) is 37.7. The van der Waals surface area contributed by atoms with Gasteiger partial charge < -0.3 is 9.26 Å². The first-order valence-corrected chi connectivity index (χ1v) is 9.47. The molecule has 0 aliphatic heterocycles. The number of carbonyl (C=O) groups is 2. The maximum atomic E-state index is 13.2. The first-order valence-electron chi connectivity index (χ1n) is 8.72. The Balaban J connectivity index is 2.11. The average Bonchev–Trinajstić information content (AvgIpc) is 3.12. The van der Waals surface area contributed by atoms with E-state index in [2.05, 4.69) is 11.7 Å². The summed E-state index contributed by atoms with van der Waals surface area (Å²) in [6, 6.07) is 5.55. The minimum atomic E-state index is -1.12. The summed E-state index contributed by atoms with van der Waals surface area (Å²) in [7, 11) is 0. The van der Waals surface area contributed by atoms with Gasteiger partial charge in [0.25, 0.3) is 5.56 Å². The van der Waals surface area contributed by atoms with Crippen LogP contribution >= 0.6 is 23.2 Å². The molecule has 0 bridgehead atoms. The maximum absolute atomic E-state index is 13.2. The normalized spacial score (nSPS) is 10.8. The molecule has 2 heterocycles. The molecule has 30 heavy (non-hydrogen) atoms. The third-order valence-electron chi connectivity index (χ3n) is 4.02. The second kappa shape index (κ2) is 8.33. The number of hydrogen-bond acceptors (Lipinski definition) is 6. The van der Waals surface area contributed by atoms with Crippen molar-refractivity contribution in [2.24, 2.45) is 0 Å². The van der Waals surface area contributed by atoms with Gasteiger partial charge in [-0.1, -0.05) is 40.1 Å². The number of aryl methyl sites for hydroxylation is 2. The summed E-state index contributed by atoms with van der Waals surface area (Å²) in [5, 5.41) is 4.79. The van der Waals surface area contributed by atoms with Crippen molar-refractivity contribution < 1.29 is 18.8 Å². The molecule has 0 N–H and O–H groups in total. The van der Waals surface area contributed by atoms with Crippen LogP contribution < -0.4 is 10.3 Å². The number of ether oxygens (including phenoxy) is 1. The zero-order valence-electron chi connectivity index (χ0n) is 16.4. The van der Waals surface area contributed by atoms with Gasteiger partial charge in [0.1, 0.15) is 11.3 Å². The fourth-order valence-corrected chi connectivity index (χ4v) is 3.29. The van der Waals surface area contributed by atoms with Crippen LogP contribution in [0, 0.1) is 13.8 Å². The SMILES string of the molecule is C=C(C)Cn1nc(C)c(C(=O)c2ccc(Cl)cc2Cl)c1OC(=O)n1oc(C)cc1=O. The van der Waals surface area contributed by atoms with Gasteiger partial charge in [0.2, 0.25) is 11.7 Å². The molecule has 0 aliphatic carbocycles. The molecule has 0 atom stereocenters. The number of nitrogens with zero attached hydrogens (tertiary/aromatic N) is 3. The highest BCUT2D eigenvalue weighted by molar-refractivity contribution is 6.37. The van der Waals surface area contributed by atoms with Crippen molar-refractivity contribution in [2.75, 3.05) is 0 Å². The van der Waals surface area contributed by atoms with Crippen molar-refractivity contribution in [1.82, 2.24) is 14.5 Å². The Hall–Kier alpha value is -3.10. The number of aromatic nitrogens is 3. The number of hydrogen-bond donors (Lipinski definition) is 0. The van der Waals surface area contributed by atoms with E-state index in [0.29, 0.717) is 21.0 Å². The second-order valence-electron chi connectivity index (χ2n) is 6.68. The fourth-order valence-electron chi connectivity index (χ4n) is 2.80. The van der Waals surface area contributed by atoms with E-state index in [0.717, 1.165) is 6.07 Å². The van der Waals surface area contributed by atoms with Crippen molar-refractivity contribution in [1.29, 1.82) is 0 Å². The van der Waals surface area contributed by atoms with E-state index >= 15 is 0 Å². The van der Waals surface area contributed by atoms with Gasteiger partial charge in [-0.2, -0.15) is 5.10 Å². The second-order valence-corrected chi connectivity index (χ2v) is 7.52. The highest BCUT2D eigenvalue weighted by Crippen LogP contribution is 2.30. The predicted octanol–water partition coefficient (Wildman–Crippen LogP) is 4.42. The molecule has 0 radical (unpaired) electrons. The van der Waals surface area contributed by atoms with Crippen LogP contribution in [-0.2, 0) is 6.54 Å².